The highest BCUT2D eigenvalue weighted by Crippen LogP contribution is 2.32. The normalized spacial score (nSPS) is 11.4. The Balaban J connectivity index is 1.81. The number of fused-ring (bicyclic) bond motifs is 1. The molecule has 0 amide bonds. The summed E-state index contributed by atoms with van der Waals surface area (Å²) in [6.07, 6.45) is -4.76. The quantitative estimate of drug-likeness (QED) is 0.663. The molecule has 0 unspecified atom stereocenters. The number of carbonyl (C=O) groups excluding carboxylic acids is 1. The van der Waals surface area contributed by atoms with Gasteiger partial charge in [0.15, 0.2) is 0 Å². The summed E-state index contributed by atoms with van der Waals surface area (Å²) in [5.41, 5.74) is 0.772. The number of carbonyl (C=O) groups is 1. The van der Waals surface area contributed by atoms with Crippen LogP contribution in [0.3, 0.4) is 0 Å². The van der Waals surface area contributed by atoms with Crippen LogP contribution in [0.4, 0.5) is 13.2 Å². The topological polar surface area (TPSA) is 48.4 Å². The number of rotatable bonds is 3. The Bertz CT molecular complexity index is 846. The fourth-order valence-corrected chi connectivity index (χ4v) is 2.68. The van der Waals surface area contributed by atoms with E-state index < -0.39 is 12.3 Å². The lowest BCUT2D eigenvalue weighted by atomic mass is 10.2. The number of benzene rings is 2. The third-order valence-corrected chi connectivity index (χ3v) is 3.66. The van der Waals surface area contributed by atoms with E-state index in [2.05, 4.69) is 9.72 Å². The fraction of sp³-hybridized carbons (Fsp3) is 0.0667. The number of alkyl halides is 3. The summed E-state index contributed by atoms with van der Waals surface area (Å²) in [6.45, 7) is 0. The maximum atomic E-state index is 12.2. The molecule has 8 heteroatoms. The van der Waals surface area contributed by atoms with Gasteiger partial charge in [-0.15, -0.1) is 13.2 Å². The highest BCUT2D eigenvalue weighted by atomic mass is 32.1. The number of thiazole rings is 1. The standard InChI is InChI=1S/C15H8F3NO3S/c16-15(17,18)22-10-6-7-11-12(8-10)23-14(19-11)21-13(20)9-4-2-1-3-5-9/h1-8H. The molecule has 0 saturated heterocycles. The van der Waals surface area contributed by atoms with E-state index in [0.717, 1.165) is 17.4 Å². The van der Waals surface area contributed by atoms with E-state index >= 15 is 0 Å². The van der Waals surface area contributed by atoms with Gasteiger partial charge in [-0.1, -0.05) is 29.5 Å². The number of hydrogen-bond donors (Lipinski definition) is 0. The van der Waals surface area contributed by atoms with Crippen LogP contribution >= 0.6 is 11.3 Å². The fourth-order valence-electron chi connectivity index (χ4n) is 1.84. The number of aromatic nitrogens is 1. The number of nitrogens with zero attached hydrogens (tertiary/aromatic N) is 1. The van der Waals surface area contributed by atoms with Crippen molar-refractivity contribution in [3.8, 4) is 10.9 Å². The molecule has 4 nitrogen and oxygen atoms in total. The van der Waals surface area contributed by atoms with E-state index in [-0.39, 0.29) is 10.9 Å². The minimum absolute atomic E-state index is 0.0537. The molecule has 3 rings (SSSR count). The van der Waals surface area contributed by atoms with Crippen molar-refractivity contribution < 1.29 is 27.4 Å². The molecule has 2 aromatic carbocycles. The predicted molar refractivity (Wildman–Crippen MR) is 77.7 cm³/mol. The number of ether oxygens (including phenoxy) is 2. The molecular weight excluding hydrogens is 331 g/mol. The first kappa shape index (κ1) is 15.3. The SMILES string of the molecule is O=C(Oc1nc2ccc(OC(F)(F)F)cc2s1)c1ccccc1. The Kier molecular flexibility index (Phi) is 3.91. The maximum absolute atomic E-state index is 12.2. The van der Waals surface area contributed by atoms with Crippen LogP contribution in [0, 0.1) is 0 Å². The van der Waals surface area contributed by atoms with E-state index in [1.54, 1.807) is 30.3 Å². The van der Waals surface area contributed by atoms with Crippen molar-refractivity contribution in [1.29, 1.82) is 0 Å². The van der Waals surface area contributed by atoms with Gasteiger partial charge in [0.05, 0.1) is 15.8 Å². The average Bonchev–Trinajstić information content (AvgIpc) is 2.88. The second-order valence-corrected chi connectivity index (χ2v) is 5.41. The first-order valence-corrected chi connectivity index (χ1v) is 7.16. The largest absolute Gasteiger partial charge is 0.573 e. The van der Waals surface area contributed by atoms with E-state index in [1.165, 1.54) is 12.1 Å². The first-order valence-electron chi connectivity index (χ1n) is 6.34. The van der Waals surface area contributed by atoms with Crippen LogP contribution in [0.25, 0.3) is 10.2 Å². The van der Waals surface area contributed by atoms with Gasteiger partial charge >= 0.3 is 12.3 Å². The molecule has 0 N–H and O–H groups in total. The van der Waals surface area contributed by atoms with E-state index in [9.17, 15) is 18.0 Å². The molecular formula is C15H8F3NO3S. The van der Waals surface area contributed by atoms with Crippen molar-refractivity contribution in [2.24, 2.45) is 0 Å². The van der Waals surface area contributed by atoms with Crippen molar-refractivity contribution >= 4 is 27.5 Å². The zero-order chi connectivity index (χ0) is 16.4. The second-order valence-electron chi connectivity index (χ2n) is 4.41. The highest BCUT2D eigenvalue weighted by molar-refractivity contribution is 7.20. The van der Waals surface area contributed by atoms with E-state index in [4.69, 9.17) is 4.74 Å². The molecule has 0 fully saturated rings. The third kappa shape index (κ3) is 3.78. The number of esters is 1. The summed E-state index contributed by atoms with van der Waals surface area (Å²) in [7, 11) is 0. The minimum Gasteiger partial charge on any atom is -0.406 e. The zero-order valence-electron chi connectivity index (χ0n) is 11.3. The van der Waals surface area contributed by atoms with Crippen LogP contribution in [0.15, 0.2) is 48.5 Å². The molecule has 0 aliphatic heterocycles. The molecule has 1 aromatic heterocycles. The van der Waals surface area contributed by atoms with Crippen LogP contribution in [0.1, 0.15) is 10.4 Å². The van der Waals surface area contributed by atoms with Gasteiger partial charge in [0.2, 0.25) is 0 Å². The zero-order valence-corrected chi connectivity index (χ0v) is 12.1. The van der Waals surface area contributed by atoms with Gasteiger partial charge < -0.3 is 9.47 Å². The maximum Gasteiger partial charge on any atom is 0.573 e. The highest BCUT2D eigenvalue weighted by Gasteiger charge is 2.31. The van der Waals surface area contributed by atoms with Gasteiger partial charge in [-0.25, -0.2) is 9.78 Å². The third-order valence-electron chi connectivity index (χ3n) is 2.76. The number of halogens is 3. The lowest BCUT2D eigenvalue weighted by Crippen LogP contribution is -2.16. The van der Waals surface area contributed by atoms with Crippen molar-refractivity contribution in [1.82, 2.24) is 4.98 Å². The second kappa shape index (κ2) is 5.88. The van der Waals surface area contributed by atoms with Crippen molar-refractivity contribution in [3.05, 3.63) is 54.1 Å². The van der Waals surface area contributed by atoms with Crippen LogP contribution in [0.5, 0.6) is 10.9 Å². The Morgan fingerprint density at radius 3 is 2.52 bits per heavy atom. The summed E-state index contributed by atoms with van der Waals surface area (Å²) in [5, 5.41) is 0.0537. The van der Waals surface area contributed by atoms with Crippen LogP contribution in [0.2, 0.25) is 0 Å². The summed E-state index contributed by atoms with van der Waals surface area (Å²) in [6, 6.07) is 12.0. The predicted octanol–water partition coefficient (Wildman–Crippen LogP) is 4.41. The lowest BCUT2D eigenvalue weighted by Gasteiger charge is -2.07. The average molecular weight is 339 g/mol. The summed E-state index contributed by atoms with van der Waals surface area (Å²) in [4.78, 5) is 16.0. The van der Waals surface area contributed by atoms with Gasteiger partial charge in [-0.05, 0) is 24.3 Å². The summed E-state index contributed by atoms with van der Waals surface area (Å²) in [5.74, 6) is -0.939. The minimum atomic E-state index is -4.76. The van der Waals surface area contributed by atoms with Crippen molar-refractivity contribution in [3.63, 3.8) is 0 Å². The molecule has 0 atom stereocenters. The van der Waals surface area contributed by atoms with Crippen molar-refractivity contribution in [2.45, 2.75) is 6.36 Å². The van der Waals surface area contributed by atoms with Gasteiger partial charge in [0.1, 0.15) is 5.75 Å². The summed E-state index contributed by atoms with van der Waals surface area (Å²) >= 11 is 0.959. The molecule has 118 valence electrons. The Hall–Kier alpha value is -2.61. The van der Waals surface area contributed by atoms with Gasteiger partial charge in [0.25, 0.3) is 5.19 Å². The van der Waals surface area contributed by atoms with E-state index in [0.29, 0.717) is 15.8 Å². The van der Waals surface area contributed by atoms with Gasteiger partial charge in [-0.2, -0.15) is 0 Å². The van der Waals surface area contributed by atoms with Crippen molar-refractivity contribution in [2.75, 3.05) is 0 Å². The monoisotopic (exact) mass is 339 g/mol. The Morgan fingerprint density at radius 2 is 1.83 bits per heavy atom. The van der Waals surface area contributed by atoms with Gasteiger partial charge in [0, 0.05) is 6.07 Å². The van der Waals surface area contributed by atoms with Crippen LogP contribution < -0.4 is 9.47 Å². The first-order chi connectivity index (χ1) is 10.9. The molecule has 0 aliphatic rings. The van der Waals surface area contributed by atoms with Crippen LogP contribution in [-0.2, 0) is 0 Å². The Morgan fingerprint density at radius 1 is 1.09 bits per heavy atom. The van der Waals surface area contributed by atoms with Crippen LogP contribution in [-0.4, -0.2) is 17.3 Å². The molecule has 0 bridgehead atoms. The van der Waals surface area contributed by atoms with Gasteiger partial charge in [-0.3, -0.25) is 0 Å². The molecule has 23 heavy (non-hydrogen) atoms. The molecule has 3 aromatic rings. The number of hydrogen-bond acceptors (Lipinski definition) is 5. The molecule has 0 aliphatic carbocycles. The lowest BCUT2D eigenvalue weighted by molar-refractivity contribution is -0.274. The molecule has 0 saturated carbocycles. The smallest absolute Gasteiger partial charge is 0.406 e. The van der Waals surface area contributed by atoms with E-state index in [1.807, 2.05) is 0 Å². The Labute approximate surface area is 132 Å². The molecule has 1 heterocycles. The molecule has 0 spiro atoms. The summed E-state index contributed by atoms with van der Waals surface area (Å²) < 4.78 is 46.0. The molecule has 0 radical (unpaired) electrons.